The molecule has 0 spiro atoms. The number of benzene rings is 1. The van der Waals surface area contributed by atoms with Crippen LogP contribution in [0.15, 0.2) is 59.5 Å². The van der Waals surface area contributed by atoms with Crippen LogP contribution in [-0.2, 0) is 9.53 Å². The molecule has 0 N–H and O–H groups in total. The quantitative estimate of drug-likeness (QED) is 0.640. The van der Waals surface area contributed by atoms with Gasteiger partial charge >= 0.3 is 5.97 Å². The van der Waals surface area contributed by atoms with Crippen LogP contribution in [0.25, 0.3) is 6.08 Å². The molecule has 2 aromatic rings. The van der Waals surface area contributed by atoms with Crippen molar-refractivity contribution in [1.82, 2.24) is 4.98 Å². The summed E-state index contributed by atoms with van der Waals surface area (Å²) in [5.41, 5.74) is 1.77. The summed E-state index contributed by atoms with van der Waals surface area (Å²) in [7, 11) is 1.59. The summed E-state index contributed by atoms with van der Waals surface area (Å²) in [5.74, 6) is 0.553. The molecule has 0 fully saturated rings. The molecule has 104 valence electrons. The summed E-state index contributed by atoms with van der Waals surface area (Å²) in [6, 6.07) is 10.8. The molecule has 1 aromatic carbocycles. The van der Waals surface area contributed by atoms with Crippen LogP contribution in [0.4, 0.5) is 0 Å². The van der Waals surface area contributed by atoms with Gasteiger partial charge in [-0.2, -0.15) is 0 Å². The Morgan fingerprint density at radius 3 is 2.67 bits per heavy atom. The number of carbonyl (C=O) groups is 1. The number of hydrogen-bond donors (Lipinski definition) is 0. The van der Waals surface area contributed by atoms with Gasteiger partial charge in [-0.3, -0.25) is 4.98 Å². The summed E-state index contributed by atoms with van der Waals surface area (Å²) in [5, 5.41) is 0. The SMILES string of the molecule is COc1ccc(C2=NC(=Cc3cccnc3)C(=O)O2)cc1. The van der Waals surface area contributed by atoms with Crippen molar-refractivity contribution < 1.29 is 14.3 Å². The minimum atomic E-state index is -0.468. The van der Waals surface area contributed by atoms with Gasteiger partial charge in [-0.25, -0.2) is 9.79 Å². The van der Waals surface area contributed by atoms with Gasteiger partial charge < -0.3 is 9.47 Å². The Kier molecular flexibility index (Phi) is 3.47. The average molecular weight is 280 g/mol. The molecule has 0 saturated heterocycles. The zero-order valence-corrected chi connectivity index (χ0v) is 11.3. The lowest BCUT2D eigenvalue weighted by molar-refractivity contribution is -0.129. The predicted molar refractivity (Wildman–Crippen MR) is 77.8 cm³/mol. The van der Waals surface area contributed by atoms with Crippen LogP contribution in [0.1, 0.15) is 11.1 Å². The van der Waals surface area contributed by atoms with Gasteiger partial charge in [-0.15, -0.1) is 0 Å². The van der Waals surface area contributed by atoms with Crippen molar-refractivity contribution in [3.05, 3.63) is 65.6 Å². The van der Waals surface area contributed by atoms with Crippen LogP contribution >= 0.6 is 0 Å². The van der Waals surface area contributed by atoms with E-state index in [0.717, 1.165) is 16.9 Å². The fourth-order valence-electron chi connectivity index (χ4n) is 1.89. The molecule has 0 unspecified atom stereocenters. The standard InChI is InChI=1S/C16H12N2O3/c1-20-13-6-4-12(5-7-13)15-18-14(16(19)21-15)9-11-3-2-8-17-10-11/h2-10H,1H3. The first-order chi connectivity index (χ1) is 10.3. The predicted octanol–water partition coefficient (Wildman–Crippen LogP) is 2.43. The van der Waals surface area contributed by atoms with Crippen LogP contribution in [-0.4, -0.2) is 24.0 Å². The summed E-state index contributed by atoms with van der Waals surface area (Å²) in [4.78, 5) is 20.1. The Bertz CT molecular complexity index is 719. The van der Waals surface area contributed by atoms with Gasteiger partial charge in [0.2, 0.25) is 5.90 Å². The molecule has 3 rings (SSSR count). The first-order valence-electron chi connectivity index (χ1n) is 6.33. The maximum Gasteiger partial charge on any atom is 0.363 e. The minimum Gasteiger partial charge on any atom is -0.497 e. The zero-order chi connectivity index (χ0) is 14.7. The van der Waals surface area contributed by atoms with Crippen molar-refractivity contribution in [2.75, 3.05) is 7.11 Å². The first-order valence-corrected chi connectivity index (χ1v) is 6.33. The minimum absolute atomic E-state index is 0.258. The molecule has 0 radical (unpaired) electrons. The number of methoxy groups -OCH3 is 1. The van der Waals surface area contributed by atoms with Crippen molar-refractivity contribution in [3.63, 3.8) is 0 Å². The molecule has 0 aliphatic carbocycles. The fraction of sp³-hybridized carbons (Fsp3) is 0.0625. The third-order valence-corrected chi connectivity index (χ3v) is 2.95. The van der Waals surface area contributed by atoms with Crippen LogP contribution < -0.4 is 4.74 Å². The van der Waals surface area contributed by atoms with Gasteiger partial charge in [0, 0.05) is 18.0 Å². The molecule has 1 aliphatic rings. The second kappa shape index (κ2) is 5.58. The summed E-state index contributed by atoms with van der Waals surface area (Å²) >= 11 is 0. The lowest BCUT2D eigenvalue weighted by Gasteiger charge is -2.01. The second-order valence-electron chi connectivity index (χ2n) is 4.35. The fourth-order valence-corrected chi connectivity index (χ4v) is 1.89. The number of pyridine rings is 1. The molecule has 1 aliphatic heterocycles. The second-order valence-corrected chi connectivity index (χ2v) is 4.35. The number of esters is 1. The molecule has 5 heteroatoms. The van der Waals surface area contributed by atoms with Crippen molar-refractivity contribution in [1.29, 1.82) is 0 Å². The van der Waals surface area contributed by atoms with Crippen LogP contribution in [0.2, 0.25) is 0 Å². The summed E-state index contributed by atoms with van der Waals surface area (Å²) in [6.07, 6.45) is 4.97. The van der Waals surface area contributed by atoms with Gasteiger partial charge in [0.15, 0.2) is 5.70 Å². The lowest BCUT2D eigenvalue weighted by atomic mass is 10.2. The number of cyclic esters (lactones) is 1. The first kappa shape index (κ1) is 13.1. The number of rotatable bonds is 3. The third-order valence-electron chi connectivity index (χ3n) is 2.95. The van der Waals surface area contributed by atoms with Crippen molar-refractivity contribution in [3.8, 4) is 5.75 Å². The highest BCUT2D eigenvalue weighted by Gasteiger charge is 2.24. The molecule has 5 nitrogen and oxygen atoms in total. The Morgan fingerprint density at radius 1 is 1.19 bits per heavy atom. The van der Waals surface area contributed by atoms with Crippen LogP contribution in [0.5, 0.6) is 5.75 Å². The summed E-state index contributed by atoms with van der Waals surface area (Å²) in [6.45, 7) is 0. The maximum atomic E-state index is 11.8. The van der Waals surface area contributed by atoms with E-state index in [2.05, 4.69) is 9.98 Å². The highest BCUT2D eigenvalue weighted by molar-refractivity contribution is 6.12. The number of carbonyl (C=O) groups excluding carboxylic acids is 1. The van der Waals surface area contributed by atoms with Crippen LogP contribution in [0.3, 0.4) is 0 Å². The highest BCUT2D eigenvalue weighted by Crippen LogP contribution is 2.20. The molecular weight excluding hydrogens is 268 g/mol. The molecule has 0 atom stereocenters. The zero-order valence-electron chi connectivity index (χ0n) is 11.3. The monoisotopic (exact) mass is 280 g/mol. The highest BCUT2D eigenvalue weighted by atomic mass is 16.6. The normalized spacial score (nSPS) is 15.8. The molecule has 2 heterocycles. The number of nitrogens with zero attached hydrogens (tertiary/aromatic N) is 2. The topological polar surface area (TPSA) is 60.8 Å². The van der Waals surface area contributed by atoms with Crippen molar-refractivity contribution >= 4 is 17.9 Å². The molecule has 0 saturated carbocycles. The Labute approximate surface area is 121 Å². The van der Waals surface area contributed by atoms with E-state index in [4.69, 9.17) is 9.47 Å². The summed E-state index contributed by atoms with van der Waals surface area (Å²) < 4.78 is 10.3. The Hall–Kier alpha value is -2.95. The molecule has 0 bridgehead atoms. The van der Waals surface area contributed by atoms with Gasteiger partial charge in [0.1, 0.15) is 5.75 Å². The van der Waals surface area contributed by atoms with Gasteiger partial charge in [-0.05, 0) is 42.0 Å². The van der Waals surface area contributed by atoms with Gasteiger partial charge in [-0.1, -0.05) is 6.07 Å². The number of hydrogen-bond acceptors (Lipinski definition) is 5. The largest absolute Gasteiger partial charge is 0.497 e. The number of aliphatic imine (C=N–C) groups is 1. The molecule has 21 heavy (non-hydrogen) atoms. The Balaban J connectivity index is 1.89. The van der Waals surface area contributed by atoms with Crippen LogP contribution in [0, 0.1) is 0 Å². The number of ether oxygens (including phenoxy) is 2. The van der Waals surface area contributed by atoms with Gasteiger partial charge in [0.25, 0.3) is 0 Å². The third kappa shape index (κ3) is 2.81. The lowest BCUT2D eigenvalue weighted by Crippen LogP contribution is -2.05. The molecule has 1 aromatic heterocycles. The van der Waals surface area contributed by atoms with E-state index in [9.17, 15) is 4.79 Å². The Morgan fingerprint density at radius 2 is 2.00 bits per heavy atom. The van der Waals surface area contributed by atoms with Crippen molar-refractivity contribution in [2.45, 2.75) is 0 Å². The molecular formula is C16H12N2O3. The smallest absolute Gasteiger partial charge is 0.363 e. The van der Waals surface area contributed by atoms with E-state index in [0.29, 0.717) is 0 Å². The van der Waals surface area contributed by atoms with E-state index in [1.54, 1.807) is 55.9 Å². The van der Waals surface area contributed by atoms with E-state index < -0.39 is 5.97 Å². The van der Waals surface area contributed by atoms with E-state index in [1.807, 2.05) is 6.07 Å². The van der Waals surface area contributed by atoms with Gasteiger partial charge in [0.05, 0.1) is 7.11 Å². The van der Waals surface area contributed by atoms with E-state index in [-0.39, 0.29) is 11.6 Å². The number of aromatic nitrogens is 1. The maximum absolute atomic E-state index is 11.8. The molecule has 0 amide bonds. The van der Waals surface area contributed by atoms with Crippen molar-refractivity contribution in [2.24, 2.45) is 4.99 Å². The van der Waals surface area contributed by atoms with E-state index >= 15 is 0 Å². The average Bonchev–Trinajstić information content (AvgIpc) is 2.89. The van der Waals surface area contributed by atoms with E-state index in [1.165, 1.54) is 0 Å².